The van der Waals surface area contributed by atoms with Gasteiger partial charge in [0.05, 0.1) is 6.20 Å². The summed E-state index contributed by atoms with van der Waals surface area (Å²) >= 11 is 6.14. The number of aromatic nitrogens is 3. The van der Waals surface area contributed by atoms with Gasteiger partial charge in [-0.2, -0.15) is 4.40 Å². The third kappa shape index (κ3) is 3.68. The van der Waals surface area contributed by atoms with Crippen molar-refractivity contribution >= 4 is 23.0 Å². The summed E-state index contributed by atoms with van der Waals surface area (Å²) in [6.07, 6.45) is 4.30. The number of pyridine rings is 2. The van der Waals surface area contributed by atoms with Crippen LogP contribution in [0.1, 0.15) is 16.3 Å². The van der Waals surface area contributed by atoms with Crippen LogP contribution in [0.4, 0.5) is 0 Å². The highest BCUT2D eigenvalue weighted by atomic mass is 35.5. The number of hydrogen-bond donors (Lipinski definition) is 2. The zero-order valence-corrected chi connectivity index (χ0v) is 15.3. The summed E-state index contributed by atoms with van der Waals surface area (Å²) in [7, 11) is 0. The maximum Gasteiger partial charge on any atom is 0.351 e. The van der Waals surface area contributed by atoms with Gasteiger partial charge in [0, 0.05) is 35.4 Å². The molecule has 3 aromatic heterocycles. The number of carbonyl (C=O) groups excluding carboxylic acids is 1. The van der Waals surface area contributed by atoms with Crippen molar-refractivity contribution in [3.05, 3.63) is 89.6 Å². The summed E-state index contributed by atoms with van der Waals surface area (Å²) in [5.74, 6) is 0.307. The van der Waals surface area contributed by atoms with Gasteiger partial charge in [0.2, 0.25) is 0 Å². The number of benzene rings is 1. The average molecular weight is 378 g/mol. The van der Waals surface area contributed by atoms with Gasteiger partial charge in [-0.3, -0.25) is 9.78 Å². The second kappa shape index (κ2) is 7.60. The number of amides is 1. The molecule has 4 aromatic rings. The fourth-order valence-corrected chi connectivity index (χ4v) is 3.24. The molecule has 0 spiro atoms. The Hall–Kier alpha value is -3.18. The van der Waals surface area contributed by atoms with Crippen molar-refractivity contribution in [3.63, 3.8) is 0 Å². The van der Waals surface area contributed by atoms with Crippen LogP contribution in [0.15, 0.2) is 73.1 Å². The Morgan fingerprint density at radius 1 is 1.11 bits per heavy atom. The fraction of sp³-hybridized carbons (Fsp3) is 0.0952. The molecule has 0 aliphatic rings. The number of imidazole rings is 1. The number of fused-ring (bicyclic) bond motifs is 1. The molecule has 6 heteroatoms. The lowest BCUT2D eigenvalue weighted by Crippen LogP contribution is -2.35. The number of nitrogens with zero attached hydrogens (tertiary/aromatic N) is 2. The summed E-state index contributed by atoms with van der Waals surface area (Å²) in [6.45, 7) is 0.510. The maximum absolute atomic E-state index is 12.8. The minimum atomic E-state index is -0.166. The Labute approximate surface area is 161 Å². The fourth-order valence-electron chi connectivity index (χ4n) is 3.05. The molecule has 5 nitrogen and oxygen atoms in total. The van der Waals surface area contributed by atoms with Gasteiger partial charge in [0.15, 0.2) is 11.2 Å². The highest BCUT2D eigenvalue weighted by Gasteiger charge is 2.25. The van der Waals surface area contributed by atoms with Crippen LogP contribution in [0, 0.1) is 0 Å². The first-order valence-electron chi connectivity index (χ1n) is 8.69. The molecule has 0 unspecified atom stereocenters. The van der Waals surface area contributed by atoms with E-state index in [0.29, 0.717) is 23.8 Å². The number of halogens is 1. The lowest BCUT2D eigenvalue weighted by Gasteiger charge is -2.01. The number of carbonyl (C=O) groups is 1. The van der Waals surface area contributed by atoms with Gasteiger partial charge in [0.25, 0.3) is 0 Å². The van der Waals surface area contributed by atoms with E-state index in [1.807, 2.05) is 71.3 Å². The number of aromatic amines is 1. The zero-order valence-electron chi connectivity index (χ0n) is 14.5. The van der Waals surface area contributed by atoms with Crippen molar-refractivity contribution < 1.29 is 9.20 Å². The standard InChI is InChI=1S/C21H17ClN4O/c22-16-7-5-6-15(14-16)19-18-9-2-4-13-26(18)20(25-19)21(27)24-12-10-17-8-1-3-11-23-17/h1-9,11,13-14H,10,12H2,(H,24,27)/p+1. The monoisotopic (exact) mass is 377 g/mol. The first-order chi connectivity index (χ1) is 13.2. The molecule has 0 saturated heterocycles. The number of rotatable bonds is 5. The van der Waals surface area contributed by atoms with Crippen molar-refractivity contribution in [2.45, 2.75) is 6.42 Å². The molecule has 1 amide bonds. The van der Waals surface area contributed by atoms with E-state index in [2.05, 4.69) is 15.3 Å². The van der Waals surface area contributed by atoms with E-state index in [1.54, 1.807) is 6.20 Å². The van der Waals surface area contributed by atoms with Gasteiger partial charge < -0.3 is 5.32 Å². The highest BCUT2D eigenvalue weighted by molar-refractivity contribution is 6.30. The van der Waals surface area contributed by atoms with Gasteiger partial charge in [-0.05, 0) is 36.4 Å². The van der Waals surface area contributed by atoms with Crippen LogP contribution in [-0.2, 0) is 6.42 Å². The first-order valence-corrected chi connectivity index (χ1v) is 9.06. The molecule has 2 N–H and O–H groups in total. The van der Waals surface area contributed by atoms with Crippen LogP contribution in [0.5, 0.6) is 0 Å². The minimum absolute atomic E-state index is 0.166. The topological polar surface area (TPSA) is 61.9 Å². The lowest BCUT2D eigenvalue weighted by atomic mass is 10.1. The van der Waals surface area contributed by atoms with Crippen molar-refractivity contribution in [1.82, 2.24) is 15.3 Å². The molecule has 0 aliphatic heterocycles. The predicted octanol–water partition coefficient (Wildman–Crippen LogP) is 3.44. The maximum atomic E-state index is 12.8. The molecule has 0 aliphatic carbocycles. The van der Waals surface area contributed by atoms with Gasteiger partial charge >= 0.3 is 11.7 Å². The number of H-pyrrole nitrogens is 1. The Morgan fingerprint density at radius 2 is 2.00 bits per heavy atom. The van der Waals surface area contributed by atoms with E-state index in [-0.39, 0.29) is 5.91 Å². The number of nitrogens with one attached hydrogen (secondary N) is 2. The molecule has 3 heterocycles. The Bertz CT molecular complexity index is 1090. The van der Waals surface area contributed by atoms with Crippen LogP contribution in [0.25, 0.3) is 16.8 Å². The van der Waals surface area contributed by atoms with E-state index in [0.717, 1.165) is 22.5 Å². The SMILES string of the molecule is O=C(NCCc1ccccn1)c1[nH]c(-c2cccc(Cl)c2)c2cccc[n+]12. The lowest BCUT2D eigenvalue weighted by molar-refractivity contribution is -0.513. The van der Waals surface area contributed by atoms with E-state index in [9.17, 15) is 4.79 Å². The third-order valence-electron chi connectivity index (χ3n) is 4.32. The van der Waals surface area contributed by atoms with E-state index in [1.165, 1.54) is 0 Å². The zero-order chi connectivity index (χ0) is 18.6. The molecular weight excluding hydrogens is 360 g/mol. The minimum Gasteiger partial charge on any atom is -0.345 e. The highest BCUT2D eigenvalue weighted by Crippen LogP contribution is 2.24. The van der Waals surface area contributed by atoms with Crippen LogP contribution in [0.2, 0.25) is 5.02 Å². The predicted molar refractivity (Wildman–Crippen MR) is 105 cm³/mol. The number of hydrogen-bond acceptors (Lipinski definition) is 2. The van der Waals surface area contributed by atoms with Gasteiger partial charge in [-0.25, -0.2) is 4.98 Å². The Balaban J connectivity index is 1.61. The molecule has 27 heavy (non-hydrogen) atoms. The molecule has 1 aromatic carbocycles. The average Bonchev–Trinajstić information content (AvgIpc) is 3.09. The smallest absolute Gasteiger partial charge is 0.345 e. The largest absolute Gasteiger partial charge is 0.351 e. The van der Waals surface area contributed by atoms with Crippen LogP contribution >= 0.6 is 11.6 Å². The summed E-state index contributed by atoms with van der Waals surface area (Å²) in [4.78, 5) is 20.3. The third-order valence-corrected chi connectivity index (χ3v) is 4.56. The van der Waals surface area contributed by atoms with E-state index in [4.69, 9.17) is 11.6 Å². The normalized spacial score (nSPS) is 10.9. The van der Waals surface area contributed by atoms with Gasteiger partial charge in [-0.15, -0.1) is 0 Å². The van der Waals surface area contributed by atoms with Crippen molar-refractivity contribution in [2.24, 2.45) is 0 Å². The van der Waals surface area contributed by atoms with Crippen molar-refractivity contribution in [2.75, 3.05) is 6.54 Å². The van der Waals surface area contributed by atoms with Crippen LogP contribution in [0.3, 0.4) is 0 Å². The van der Waals surface area contributed by atoms with Crippen LogP contribution in [-0.4, -0.2) is 22.4 Å². The second-order valence-corrected chi connectivity index (χ2v) is 6.58. The van der Waals surface area contributed by atoms with Crippen molar-refractivity contribution in [3.8, 4) is 11.3 Å². The van der Waals surface area contributed by atoms with E-state index >= 15 is 0 Å². The van der Waals surface area contributed by atoms with Gasteiger partial charge in [-0.1, -0.05) is 35.9 Å². The molecule has 4 rings (SSSR count). The molecule has 0 radical (unpaired) electrons. The van der Waals surface area contributed by atoms with E-state index < -0.39 is 0 Å². The second-order valence-electron chi connectivity index (χ2n) is 6.14. The van der Waals surface area contributed by atoms with Crippen LogP contribution < -0.4 is 9.72 Å². The summed E-state index contributed by atoms with van der Waals surface area (Å²) < 4.78 is 1.85. The summed E-state index contributed by atoms with van der Waals surface area (Å²) in [6, 6.07) is 19.1. The molecule has 134 valence electrons. The molecule has 0 saturated carbocycles. The summed E-state index contributed by atoms with van der Waals surface area (Å²) in [5.41, 5.74) is 3.64. The summed E-state index contributed by atoms with van der Waals surface area (Å²) in [5, 5.41) is 3.61. The molecule has 0 fully saturated rings. The Morgan fingerprint density at radius 3 is 2.81 bits per heavy atom. The molecular formula is C21H18ClN4O+. The first kappa shape index (κ1) is 17.2. The van der Waals surface area contributed by atoms with Gasteiger partial charge in [0.1, 0.15) is 0 Å². The molecule has 0 atom stereocenters. The Kier molecular flexibility index (Phi) is 4.85. The quantitative estimate of drug-likeness (QED) is 0.523. The molecule has 0 bridgehead atoms. The van der Waals surface area contributed by atoms with Crippen molar-refractivity contribution in [1.29, 1.82) is 0 Å².